The van der Waals surface area contributed by atoms with E-state index in [-0.39, 0.29) is 5.11 Å². The number of hydrogen-bond acceptors (Lipinski definition) is 3. The molecule has 0 fully saturated rings. The maximum absolute atomic E-state index is 9.27. The Labute approximate surface area is 145 Å². The Bertz CT molecular complexity index is 965. The summed E-state index contributed by atoms with van der Waals surface area (Å²) in [5, 5.41) is 14.5. The van der Waals surface area contributed by atoms with Crippen molar-refractivity contribution in [2.24, 2.45) is 10.8 Å². The summed E-state index contributed by atoms with van der Waals surface area (Å²) in [6.45, 7) is 0.612. The van der Waals surface area contributed by atoms with Crippen LogP contribution in [0.2, 0.25) is 0 Å². The molecule has 24 heavy (non-hydrogen) atoms. The number of nitrogens with zero attached hydrogens (tertiary/aromatic N) is 3. The summed E-state index contributed by atoms with van der Waals surface area (Å²) in [4.78, 5) is 0. The van der Waals surface area contributed by atoms with E-state index in [0.717, 1.165) is 22.0 Å². The number of benzene rings is 2. The number of hydrogen-bond donors (Lipinski definition) is 2. The summed E-state index contributed by atoms with van der Waals surface area (Å²) >= 11 is 4.74. The molecular weight excluding hydrogens is 318 g/mol. The van der Waals surface area contributed by atoms with Crippen LogP contribution in [0.1, 0.15) is 16.7 Å². The van der Waals surface area contributed by atoms with Crippen LogP contribution < -0.4 is 11.2 Å². The summed E-state index contributed by atoms with van der Waals surface area (Å²) in [5.41, 5.74) is 11.6. The third kappa shape index (κ3) is 3.26. The molecule has 0 spiro atoms. The molecule has 3 aromatic rings. The lowest BCUT2D eigenvalue weighted by Gasteiger charge is -2.07. The highest BCUT2D eigenvalue weighted by atomic mass is 32.1. The monoisotopic (exact) mass is 333 g/mol. The Balaban J connectivity index is 2.01. The van der Waals surface area contributed by atoms with Crippen molar-refractivity contribution in [3.05, 3.63) is 71.4 Å². The second-order valence-corrected chi connectivity index (χ2v) is 5.67. The van der Waals surface area contributed by atoms with E-state index in [4.69, 9.17) is 18.0 Å². The fourth-order valence-corrected chi connectivity index (χ4v) is 2.68. The van der Waals surface area contributed by atoms with Crippen LogP contribution in [0.3, 0.4) is 0 Å². The Morgan fingerprint density at radius 1 is 1.25 bits per heavy atom. The number of nitrogens with one attached hydrogen (secondary N) is 1. The van der Waals surface area contributed by atoms with Gasteiger partial charge in [-0.15, -0.1) is 0 Å². The first kappa shape index (κ1) is 15.7. The van der Waals surface area contributed by atoms with Gasteiger partial charge in [-0.25, -0.2) is 0 Å². The van der Waals surface area contributed by atoms with Gasteiger partial charge in [-0.05, 0) is 29.9 Å². The molecule has 0 aliphatic heterocycles. The maximum atomic E-state index is 9.27. The smallest absolute Gasteiger partial charge is 0.184 e. The Morgan fingerprint density at radius 2 is 2.00 bits per heavy atom. The molecule has 0 radical (unpaired) electrons. The average molecular weight is 333 g/mol. The Hall–Kier alpha value is -3.17. The van der Waals surface area contributed by atoms with Gasteiger partial charge in [0.15, 0.2) is 5.11 Å². The third-order valence-electron chi connectivity index (χ3n) is 3.68. The van der Waals surface area contributed by atoms with E-state index in [0.29, 0.717) is 12.1 Å². The highest BCUT2D eigenvalue weighted by Crippen LogP contribution is 2.22. The van der Waals surface area contributed by atoms with Crippen molar-refractivity contribution in [3.8, 4) is 6.07 Å². The largest absolute Gasteiger partial charge is 0.375 e. The zero-order chi connectivity index (χ0) is 16.9. The molecule has 0 aliphatic carbocycles. The molecule has 0 saturated carbocycles. The molecular formula is C18H15N5S. The van der Waals surface area contributed by atoms with Crippen molar-refractivity contribution in [1.29, 1.82) is 5.26 Å². The van der Waals surface area contributed by atoms with Gasteiger partial charge >= 0.3 is 0 Å². The Morgan fingerprint density at radius 3 is 2.79 bits per heavy atom. The molecule has 2 aromatic carbocycles. The summed E-state index contributed by atoms with van der Waals surface area (Å²) < 4.78 is 2.10. The molecule has 0 atom stereocenters. The standard InChI is InChI=1S/C18H15N5S/c19-9-13-5-1-2-6-14(13)11-23-12-15(10-21-22-18(20)24)16-7-3-4-8-17(16)23/h1-8,10,12H,11H2,(H3,20,22,24)/b21-10-. The van der Waals surface area contributed by atoms with Gasteiger partial charge in [-0.1, -0.05) is 36.4 Å². The molecule has 5 nitrogen and oxygen atoms in total. The number of rotatable bonds is 4. The van der Waals surface area contributed by atoms with Crippen LogP contribution >= 0.6 is 12.2 Å². The number of thiocarbonyl (C=S) groups is 1. The minimum absolute atomic E-state index is 0.123. The topological polar surface area (TPSA) is 79.1 Å². The van der Waals surface area contributed by atoms with Gasteiger partial charge in [-0.2, -0.15) is 10.4 Å². The van der Waals surface area contributed by atoms with Crippen LogP contribution in [0.5, 0.6) is 0 Å². The quantitative estimate of drug-likeness (QED) is 0.437. The van der Waals surface area contributed by atoms with Crippen LogP contribution in [-0.2, 0) is 6.54 Å². The van der Waals surface area contributed by atoms with E-state index in [9.17, 15) is 5.26 Å². The number of hydrazone groups is 1. The lowest BCUT2D eigenvalue weighted by Crippen LogP contribution is -2.23. The van der Waals surface area contributed by atoms with Crippen molar-refractivity contribution in [3.63, 3.8) is 0 Å². The predicted octanol–water partition coefficient (Wildman–Crippen LogP) is 2.73. The predicted molar refractivity (Wildman–Crippen MR) is 99.7 cm³/mol. The summed E-state index contributed by atoms with van der Waals surface area (Å²) in [7, 11) is 0. The zero-order valence-electron chi connectivity index (χ0n) is 12.8. The van der Waals surface area contributed by atoms with Gasteiger partial charge < -0.3 is 10.3 Å². The van der Waals surface area contributed by atoms with Gasteiger partial charge in [0.2, 0.25) is 0 Å². The lowest BCUT2D eigenvalue weighted by atomic mass is 10.1. The van der Waals surface area contributed by atoms with Crippen molar-refractivity contribution in [2.75, 3.05) is 0 Å². The van der Waals surface area contributed by atoms with Crippen LogP contribution in [0.4, 0.5) is 0 Å². The van der Waals surface area contributed by atoms with Crippen LogP contribution in [0.15, 0.2) is 59.8 Å². The Kier molecular flexibility index (Phi) is 4.54. The van der Waals surface area contributed by atoms with Crippen LogP contribution in [0, 0.1) is 11.3 Å². The van der Waals surface area contributed by atoms with E-state index >= 15 is 0 Å². The number of nitrogens with two attached hydrogens (primary N) is 1. The number of para-hydroxylation sites is 1. The van der Waals surface area contributed by atoms with E-state index in [1.807, 2.05) is 54.7 Å². The second-order valence-electron chi connectivity index (χ2n) is 5.23. The molecule has 0 unspecified atom stereocenters. The molecule has 1 aromatic heterocycles. The van der Waals surface area contributed by atoms with Crippen LogP contribution in [0.25, 0.3) is 10.9 Å². The second kappa shape index (κ2) is 6.94. The molecule has 0 saturated heterocycles. The molecule has 0 bridgehead atoms. The normalized spacial score (nSPS) is 10.8. The van der Waals surface area contributed by atoms with Crippen LogP contribution in [-0.4, -0.2) is 15.9 Å². The van der Waals surface area contributed by atoms with E-state index in [1.54, 1.807) is 6.21 Å². The molecule has 0 aliphatic rings. The number of fused-ring (bicyclic) bond motifs is 1. The molecule has 118 valence electrons. The van der Waals surface area contributed by atoms with E-state index in [1.165, 1.54) is 0 Å². The minimum Gasteiger partial charge on any atom is -0.375 e. The molecule has 3 N–H and O–H groups in total. The first-order valence-electron chi connectivity index (χ1n) is 7.33. The number of aromatic nitrogens is 1. The average Bonchev–Trinajstić information content (AvgIpc) is 2.93. The minimum atomic E-state index is 0.123. The molecule has 3 rings (SSSR count). The lowest BCUT2D eigenvalue weighted by molar-refractivity contribution is 0.833. The maximum Gasteiger partial charge on any atom is 0.184 e. The highest BCUT2D eigenvalue weighted by Gasteiger charge is 2.09. The molecule has 0 amide bonds. The van der Waals surface area contributed by atoms with E-state index < -0.39 is 0 Å². The third-order valence-corrected chi connectivity index (χ3v) is 3.77. The van der Waals surface area contributed by atoms with Crippen molar-refractivity contribution in [2.45, 2.75) is 6.54 Å². The first-order chi connectivity index (χ1) is 11.7. The van der Waals surface area contributed by atoms with Gasteiger partial charge in [0.25, 0.3) is 0 Å². The molecule has 1 heterocycles. The fraction of sp³-hybridized carbons (Fsp3) is 0.0556. The van der Waals surface area contributed by atoms with Crippen molar-refractivity contribution in [1.82, 2.24) is 9.99 Å². The van der Waals surface area contributed by atoms with Gasteiger partial charge in [-0.3, -0.25) is 5.43 Å². The molecule has 6 heteroatoms. The SMILES string of the molecule is N#Cc1ccccc1Cn1cc(/C=N\NC(N)=S)c2ccccc21. The van der Waals surface area contributed by atoms with Gasteiger partial charge in [0, 0.05) is 29.2 Å². The first-order valence-corrected chi connectivity index (χ1v) is 7.74. The van der Waals surface area contributed by atoms with Gasteiger partial charge in [0.05, 0.1) is 17.8 Å². The van der Waals surface area contributed by atoms with E-state index in [2.05, 4.69) is 21.2 Å². The summed E-state index contributed by atoms with van der Waals surface area (Å²) in [5.74, 6) is 0. The van der Waals surface area contributed by atoms with Gasteiger partial charge in [0.1, 0.15) is 0 Å². The zero-order valence-corrected chi connectivity index (χ0v) is 13.6. The highest BCUT2D eigenvalue weighted by molar-refractivity contribution is 7.80. The van der Waals surface area contributed by atoms with Crippen molar-refractivity contribution >= 4 is 34.4 Å². The fourth-order valence-electron chi connectivity index (χ4n) is 2.63. The van der Waals surface area contributed by atoms with Crippen molar-refractivity contribution < 1.29 is 0 Å². The summed E-state index contributed by atoms with van der Waals surface area (Å²) in [6.07, 6.45) is 3.69. The summed E-state index contributed by atoms with van der Waals surface area (Å²) in [6, 6.07) is 17.9. The number of nitriles is 1.